The van der Waals surface area contributed by atoms with E-state index in [9.17, 15) is 19.5 Å². The number of esters is 1. The van der Waals surface area contributed by atoms with Crippen molar-refractivity contribution in [3.63, 3.8) is 0 Å². The number of hydrogen-bond acceptors (Lipinski definition) is 5. The zero-order valence-electron chi connectivity index (χ0n) is 12.1. The fourth-order valence-electron chi connectivity index (χ4n) is 1.86. The van der Waals surface area contributed by atoms with E-state index in [4.69, 9.17) is 9.84 Å². The number of aromatic carboxylic acids is 1. The Bertz CT molecular complexity index is 784. The second kappa shape index (κ2) is 6.61. The second-order valence-corrected chi connectivity index (χ2v) is 4.61. The quantitative estimate of drug-likeness (QED) is 0.453. The maximum atomic E-state index is 12.2. The molecule has 118 valence electrons. The average Bonchev–Trinajstić information content (AvgIpc) is 2.48. The molecule has 0 fully saturated rings. The zero-order chi connectivity index (χ0) is 17.0. The third kappa shape index (κ3) is 4.07. The van der Waals surface area contributed by atoms with Gasteiger partial charge in [0, 0.05) is 18.2 Å². The van der Waals surface area contributed by atoms with E-state index in [0.29, 0.717) is 0 Å². The van der Waals surface area contributed by atoms with Gasteiger partial charge in [-0.25, -0.2) is 4.79 Å². The van der Waals surface area contributed by atoms with Crippen LogP contribution in [0.5, 0.6) is 11.5 Å². The smallest absolute Gasteiger partial charge is 0.339 e. The molecular formula is C16H13NO6. The first-order valence-corrected chi connectivity index (χ1v) is 6.53. The minimum atomic E-state index is -1.31. The summed E-state index contributed by atoms with van der Waals surface area (Å²) in [4.78, 5) is 34.0. The Kier molecular flexibility index (Phi) is 4.61. The van der Waals surface area contributed by atoms with E-state index in [1.54, 1.807) is 6.07 Å². The lowest BCUT2D eigenvalue weighted by Gasteiger charge is -2.08. The van der Waals surface area contributed by atoms with Crippen molar-refractivity contribution in [2.45, 2.75) is 6.92 Å². The van der Waals surface area contributed by atoms with E-state index in [0.717, 1.165) is 6.07 Å². The molecule has 3 N–H and O–H groups in total. The molecule has 2 aromatic rings. The molecule has 2 aromatic carbocycles. The summed E-state index contributed by atoms with van der Waals surface area (Å²) in [5, 5.41) is 20.9. The number of anilines is 1. The molecule has 0 aliphatic carbocycles. The molecule has 0 radical (unpaired) electrons. The van der Waals surface area contributed by atoms with Gasteiger partial charge < -0.3 is 20.3 Å². The highest BCUT2D eigenvalue weighted by Crippen LogP contribution is 2.22. The zero-order valence-corrected chi connectivity index (χ0v) is 12.1. The van der Waals surface area contributed by atoms with Crippen molar-refractivity contribution in [2.75, 3.05) is 5.32 Å². The normalized spacial score (nSPS) is 9.96. The van der Waals surface area contributed by atoms with E-state index in [2.05, 4.69) is 5.32 Å². The van der Waals surface area contributed by atoms with Gasteiger partial charge in [0.15, 0.2) is 0 Å². The molecule has 0 heterocycles. The SMILES string of the molecule is CC(=O)Oc1cccc(C(=O)Nc2ccc(O)c(C(=O)O)c2)c1. The summed E-state index contributed by atoms with van der Waals surface area (Å²) in [6, 6.07) is 9.67. The molecule has 23 heavy (non-hydrogen) atoms. The van der Waals surface area contributed by atoms with Crippen molar-refractivity contribution in [3.05, 3.63) is 53.6 Å². The Morgan fingerprint density at radius 3 is 2.48 bits per heavy atom. The second-order valence-electron chi connectivity index (χ2n) is 4.61. The van der Waals surface area contributed by atoms with Crippen molar-refractivity contribution in [1.82, 2.24) is 0 Å². The number of carboxylic acids is 1. The van der Waals surface area contributed by atoms with Crippen LogP contribution >= 0.6 is 0 Å². The largest absolute Gasteiger partial charge is 0.507 e. The number of hydrogen-bond donors (Lipinski definition) is 3. The third-order valence-corrected chi connectivity index (χ3v) is 2.84. The first-order chi connectivity index (χ1) is 10.9. The molecule has 0 saturated carbocycles. The molecule has 0 spiro atoms. The van der Waals surface area contributed by atoms with Gasteiger partial charge in [-0.1, -0.05) is 6.07 Å². The number of carbonyl (C=O) groups is 3. The van der Waals surface area contributed by atoms with Crippen LogP contribution in [0.25, 0.3) is 0 Å². The number of amides is 1. The van der Waals surface area contributed by atoms with Crippen molar-refractivity contribution in [2.24, 2.45) is 0 Å². The highest BCUT2D eigenvalue weighted by atomic mass is 16.5. The van der Waals surface area contributed by atoms with Crippen molar-refractivity contribution < 1.29 is 29.3 Å². The summed E-state index contributed by atoms with van der Waals surface area (Å²) < 4.78 is 4.89. The number of carboxylic acid groups (broad SMARTS) is 1. The standard InChI is InChI=1S/C16H13NO6/c1-9(18)23-12-4-2-3-10(7-12)15(20)17-11-5-6-14(19)13(8-11)16(21)22/h2-8,19H,1H3,(H,17,20)(H,21,22). The Morgan fingerprint density at radius 1 is 1.09 bits per heavy atom. The molecule has 1 amide bonds. The summed E-state index contributed by atoms with van der Waals surface area (Å²) in [5.74, 6) is -2.50. The number of phenols is 1. The lowest BCUT2D eigenvalue weighted by Crippen LogP contribution is -2.13. The monoisotopic (exact) mass is 315 g/mol. The number of aromatic hydroxyl groups is 1. The van der Waals surface area contributed by atoms with E-state index in [1.165, 1.54) is 37.3 Å². The van der Waals surface area contributed by atoms with Gasteiger partial charge in [-0.05, 0) is 36.4 Å². The van der Waals surface area contributed by atoms with Crippen LogP contribution in [0.1, 0.15) is 27.6 Å². The van der Waals surface area contributed by atoms with Crippen LogP contribution in [0.15, 0.2) is 42.5 Å². The van der Waals surface area contributed by atoms with Crippen molar-refractivity contribution >= 4 is 23.5 Å². The van der Waals surface area contributed by atoms with Gasteiger partial charge in [-0.2, -0.15) is 0 Å². The molecule has 0 atom stereocenters. The predicted molar refractivity (Wildman–Crippen MR) is 80.8 cm³/mol. The Hall–Kier alpha value is -3.35. The Morgan fingerprint density at radius 2 is 1.83 bits per heavy atom. The molecule has 0 bridgehead atoms. The van der Waals surface area contributed by atoms with Gasteiger partial charge >= 0.3 is 11.9 Å². The molecule has 0 aliphatic rings. The van der Waals surface area contributed by atoms with Crippen LogP contribution in [0.2, 0.25) is 0 Å². The fraction of sp³-hybridized carbons (Fsp3) is 0.0625. The van der Waals surface area contributed by atoms with Crippen LogP contribution in [0, 0.1) is 0 Å². The summed E-state index contributed by atoms with van der Waals surface area (Å²) in [5.41, 5.74) is 0.119. The molecule has 2 rings (SSSR count). The van der Waals surface area contributed by atoms with E-state index in [1.807, 2.05) is 0 Å². The fourth-order valence-corrected chi connectivity index (χ4v) is 1.86. The minimum Gasteiger partial charge on any atom is -0.507 e. The van der Waals surface area contributed by atoms with Crippen LogP contribution in [0.3, 0.4) is 0 Å². The number of carbonyl (C=O) groups excluding carboxylic acids is 2. The van der Waals surface area contributed by atoms with E-state index >= 15 is 0 Å². The van der Waals surface area contributed by atoms with Crippen molar-refractivity contribution in [1.29, 1.82) is 0 Å². The van der Waals surface area contributed by atoms with Gasteiger partial charge in [0.1, 0.15) is 17.1 Å². The van der Waals surface area contributed by atoms with Gasteiger partial charge in [-0.3, -0.25) is 9.59 Å². The first kappa shape index (κ1) is 16.0. The number of ether oxygens (including phenoxy) is 1. The number of nitrogens with one attached hydrogen (secondary N) is 1. The molecular weight excluding hydrogens is 302 g/mol. The first-order valence-electron chi connectivity index (χ1n) is 6.53. The molecule has 0 aliphatic heterocycles. The summed E-state index contributed by atoms with van der Waals surface area (Å²) in [7, 11) is 0. The summed E-state index contributed by atoms with van der Waals surface area (Å²) in [6.45, 7) is 1.25. The third-order valence-electron chi connectivity index (χ3n) is 2.84. The maximum Gasteiger partial charge on any atom is 0.339 e. The van der Waals surface area contributed by atoms with Gasteiger partial charge in [0.25, 0.3) is 5.91 Å². The highest BCUT2D eigenvalue weighted by Gasteiger charge is 2.13. The number of benzene rings is 2. The molecule has 7 nitrogen and oxygen atoms in total. The molecule has 0 aromatic heterocycles. The summed E-state index contributed by atoms with van der Waals surface area (Å²) in [6.07, 6.45) is 0. The van der Waals surface area contributed by atoms with E-state index < -0.39 is 23.6 Å². The maximum absolute atomic E-state index is 12.2. The van der Waals surface area contributed by atoms with E-state index in [-0.39, 0.29) is 22.6 Å². The van der Waals surface area contributed by atoms with Crippen molar-refractivity contribution in [3.8, 4) is 11.5 Å². The van der Waals surface area contributed by atoms with Gasteiger partial charge in [-0.15, -0.1) is 0 Å². The predicted octanol–water partition coefficient (Wildman–Crippen LogP) is 2.27. The number of rotatable bonds is 4. The lowest BCUT2D eigenvalue weighted by atomic mass is 10.1. The highest BCUT2D eigenvalue weighted by molar-refractivity contribution is 6.05. The Labute approximate surface area is 131 Å². The summed E-state index contributed by atoms with van der Waals surface area (Å²) >= 11 is 0. The van der Waals surface area contributed by atoms with Crippen LogP contribution in [0.4, 0.5) is 5.69 Å². The lowest BCUT2D eigenvalue weighted by molar-refractivity contribution is -0.131. The molecule has 7 heteroatoms. The molecule has 0 unspecified atom stereocenters. The minimum absolute atomic E-state index is 0.211. The van der Waals surface area contributed by atoms with Crippen LogP contribution in [-0.4, -0.2) is 28.1 Å². The van der Waals surface area contributed by atoms with Gasteiger partial charge in [0.2, 0.25) is 0 Å². The molecule has 0 saturated heterocycles. The topological polar surface area (TPSA) is 113 Å². The average molecular weight is 315 g/mol. The van der Waals surface area contributed by atoms with Gasteiger partial charge in [0.05, 0.1) is 0 Å². The Balaban J connectivity index is 2.21. The van der Waals surface area contributed by atoms with Crippen LogP contribution < -0.4 is 10.1 Å². The van der Waals surface area contributed by atoms with Crippen LogP contribution in [-0.2, 0) is 4.79 Å².